The van der Waals surface area contributed by atoms with Crippen LogP contribution in [0.15, 0.2) is 12.1 Å². The number of benzene rings is 1. The zero-order chi connectivity index (χ0) is 13.0. The van der Waals surface area contributed by atoms with Crippen LogP contribution >= 0.6 is 0 Å². The van der Waals surface area contributed by atoms with E-state index in [2.05, 4.69) is 10.6 Å². The van der Waals surface area contributed by atoms with Crippen molar-refractivity contribution in [3.05, 3.63) is 35.1 Å². The molecule has 0 bridgehead atoms. The molecule has 0 fully saturated rings. The van der Waals surface area contributed by atoms with Gasteiger partial charge < -0.3 is 10.6 Å². The smallest absolute Gasteiger partial charge is 0.251 e. The standard InChI is InChI=1S/C11H13F3N2O/c1-6(15-2)5-16-11(17)7-3-8(12)10(14)9(13)4-7/h3-4,6,15H,5H2,1-2H3,(H,16,17). The van der Waals surface area contributed by atoms with E-state index in [0.29, 0.717) is 18.7 Å². The first-order valence-corrected chi connectivity index (χ1v) is 5.05. The summed E-state index contributed by atoms with van der Waals surface area (Å²) in [6.07, 6.45) is 0. The van der Waals surface area contributed by atoms with Gasteiger partial charge in [0.05, 0.1) is 0 Å². The van der Waals surface area contributed by atoms with Crippen molar-refractivity contribution in [2.24, 2.45) is 0 Å². The van der Waals surface area contributed by atoms with E-state index < -0.39 is 23.4 Å². The Morgan fingerprint density at radius 3 is 2.29 bits per heavy atom. The van der Waals surface area contributed by atoms with Crippen LogP contribution in [0, 0.1) is 17.5 Å². The molecule has 1 aromatic rings. The maximum Gasteiger partial charge on any atom is 0.251 e. The number of amides is 1. The second-order valence-corrected chi connectivity index (χ2v) is 3.65. The first-order chi connectivity index (χ1) is 7.95. The lowest BCUT2D eigenvalue weighted by molar-refractivity contribution is 0.0949. The summed E-state index contributed by atoms with van der Waals surface area (Å²) in [4.78, 5) is 11.5. The van der Waals surface area contributed by atoms with Crippen molar-refractivity contribution in [2.45, 2.75) is 13.0 Å². The predicted molar refractivity (Wildman–Crippen MR) is 57.2 cm³/mol. The molecule has 6 heteroatoms. The first kappa shape index (κ1) is 13.5. The van der Waals surface area contributed by atoms with Gasteiger partial charge in [-0.3, -0.25) is 4.79 Å². The Bertz CT molecular complexity index is 400. The molecule has 0 aliphatic carbocycles. The van der Waals surface area contributed by atoms with Crippen LogP contribution in [0.1, 0.15) is 17.3 Å². The molecule has 0 aliphatic heterocycles. The summed E-state index contributed by atoms with van der Waals surface area (Å²) >= 11 is 0. The van der Waals surface area contributed by atoms with Crippen LogP contribution in [0.3, 0.4) is 0 Å². The second kappa shape index (κ2) is 5.67. The van der Waals surface area contributed by atoms with Crippen LogP contribution in [0.25, 0.3) is 0 Å². The molecule has 0 heterocycles. The molecule has 0 saturated heterocycles. The Kier molecular flexibility index (Phi) is 4.51. The molecule has 0 spiro atoms. The van der Waals surface area contributed by atoms with Gasteiger partial charge in [0.1, 0.15) is 0 Å². The third-order valence-corrected chi connectivity index (χ3v) is 2.31. The van der Waals surface area contributed by atoms with Gasteiger partial charge in [0.2, 0.25) is 0 Å². The molecular weight excluding hydrogens is 233 g/mol. The third-order valence-electron chi connectivity index (χ3n) is 2.31. The molecule has 1 rings (SSSR count). The number of hydrogen-bond donors (Lipinski definition) is 2. The summed E-state index contributed by atoms with van der Waals surface area (Å²) < 4.78 is 38.4. The van der Waals surface area contributed by atoms with Crippen molar-refractivity contribution in [3.63, 3.8) is 0 Å². The molecule has 1 atom stereocenters. The van der Waals surface area contributed by atoms with E-state index in [1.165, 1.54) is 0 Å². The summed E-state index contributed by atoms with van der Waals surface area (Å²) in [5.74, 6) is -4.98. The Morgan fingerprint density at radius 2 is 1.82 bits per heavy atom. The van der Waals surface area contributed by atoms with Crippen LogP contribution in [-0.2, 0) is 0 Å². The molecule has 1 amide bonds. The number of rotatable bonds is 4. The molecule has 0 saturated carbocycles. The monoisotopic (exact) mass is 246 g/mol. The van der Waals surface area contributed by atoms with Gasteiger partial charge in [-0.15, -0.1) is 0 Å². The van der Waals surface area contributed by atoms with Crippen molar-refractivity contribution in [1.29, 1.82) is 0 Å². The molecule has 17 heavy (non-hydrogen) atoms. The van der Waals surface area contributed by atoms with Gasteiger partial charge in [0.15, 0.2) is 17.5 Å². The normalized spacial score (nSPS) is 12.3. The number of carbonyl (C=O) groups excluding carboxylic acids is 1. The number of halogens is 3. The van der Waals surface area contributed by atoms with Gasteiger partial charge in [-0.1, -0.05) is 0 Å². The average Bonchev–Trinajstić information content (AvgIpc) is 2.31. The zero-order valence-corrected chi connectivity index (χ0v) is 9.48. The lowest BCUT2D eigenvalue weighted by Gasteiger charge is -2.11. The molecule has 0 radical (unpaired) electrons. The molecule has 1 unspecified atom stereocenters. The van der Waals surface area contributed by atoms with E-state index in [9.17, 15) is 18.0 Å². The van der Waals surface area contributed by atoms with Crippen LogP contribution in [0.4, 0.5) is 13.2 Å². The van der Waals surface area contributed by atoms with Gasteiger partial charge >= 0.3 is 0 Å². The molecular formula is C11H13F3N2O. The van der Waals surface area contributed by atoms with Crippen LogP contribution in [0.2, 0.25) is 0 Å². The van der Waals surface area contributed by atoms with Crippen molar-refractivity contribution in [3.8, 4) is 0 Å². The van der Waals surface area contributed by atoms with Gasteiger partial charge in [-0.2, -0.15) is 0 Å². The number of likely N-dealkylation sites (N-methyl/N-ethyl adjacent to an activating group) is 1. The quantitative estimate of drug-likeness (QED) is 0.789. The fraction of sp³-hybridized carbons (Fsp3) is 0.364. The Morgan fingerprint density at radius 1 is 1.29 bits per heavy atom. The molecule has 94 valence electrons. The molecule has 1 aromatic carbocycles. The summed E-state index contributed by atoms with van der Waals surface area (Å²) in [5.41, 5.74) is -0.246. The highest BCUT2D eigenvalue weighted by Gasteiger charge is 2.15. The lowest BCUT2D eigenvalue weighted by Crippen LogP contribution is -2.37. The largest absolute Gasteiger partial charge is 0.350 e. The minimum absolute atomic E-state index is 0.0223. The van der Waals surface area contributed by atoms with E-state index in [1.807, 2.05) is 6.92 Å². The van der Waals surface area contributed by atoms with E-state index in [4.69, 9.17) is 0 Å². The average molecular weight is 246 g/mol. The molecule has 2 N–H and O–H groups in total. The van der Waals surface area contributed by atoms with Crippen LogP contribution in [-0.4, -0.2) is 25.5 Å². The Labute approximate surface area is 97.0 Å². The van der Waals surface area contributed by atoms with Gasteiger partial charge in [0, 0.05) is 18.2 Å². The highest BCUT2D eigenvalue weighted by atomic mass is 19.2. The SMILES string of the molecule is CNC(C)CNC(=O)c1cc(F)c(F)c(F)c1. The van der Waals surface area contributed by atoms with Crippen molar-refractivity contribution >= 4 is 5.91 Å². The third kappa shape index (κ3) is 3.45. The summed E-state index contributed by atoms with van der Waals surface area (Å²) in [7, 11) is 1.72. The minimum Gasteiger partial charge on any atom is -0.350 e. The topological polar surface area (TPSA) is 41.1 Å². The van der Waals surface area contributed by atoms with Crippen LogP contribution in [0.5, 0.6) is 0 Å². The number of hydrogen-bond acceptors (Lipinski definition) is 2. The van der Waals surface area contributed by atoms with E-state index in [0.717, 1.165) is 0 Å². The molecule has 0 aliphatic rings. The maximum atomic E-state index is 12.9. The molecule has 3 nitrogen and oxygen atoms in total. The lowest BCUT2D eigenvalue weighted by atomic mass is 10.2. The van der Waals surface area contributed by atoms with Crippen molar-refractivity contribution in [2.75, 3.05) is 13.6 Å². The van der Waals surface area contributed by atoms with Crippen LogP contribution < -0.4 is 10.6 Å². The van der Waals surface area contributed by atoms with E-state index in [1.54, 1.807) is 7.05 Å². The summed E-state index contributed by atoms with van der Waals surface area (Å²) in [6.45, 7) is 2.13. The highest BCUT2D eigenvalue weighted by molar-refractivity contribution is 5.94. The maximum absolute atomic E-state index is 12.9. The summed E-state index contributed by atoms with van der Waals surface area (Å²) in [6, 6.07) is 1.35. The fourth-order valence-electron chi connectivity index (χ4n) is 1.14. The first-order valence-electron chi connectivity index (χ1n) is 5.05. The fourth-order valence-corrected chi connectivity index (χ4v) is 1.14. The number of carbonyl (C=O) groups is 1. The predicted octanol–water partition coefficient (Wildman–Crippen LogP) is 1.44. The van der Waals surface area contributed by atoms with E-state index >= 15 is 0 Å². The highest BCUT2D eigenvalue weighted by Crippen LogP contribution is 2.13. The molecule has 0 aromatic heterocycles. The van der Waals surface area contributed by atoms with Gasteiger partial charge in [-0.05, 0) is 26.1 Å². The zero-order valence-electron chi connectivity index (χ0n) is 9.48. The number of nitrogens with one attached hydrogen (secondary N) is 2. The van der Waals surface area contributed by atoms with Crippen molar-refractivity contribution in [1.82, 2.24) is 10.6 Å². The minimum atomic E-state index is -1.58. The summed E-state index contributed by atoms with van der Waals surface area (Å²) in [5, 5.41) is 5.35. The van der Waals surface area contributed by atoms with Crippen molar-refractivity contribution < 1.29 is 18.0 Å². The Balaban J connectivity index is 2.76. The van der Waals surface area contributed by atoms with E-state index in [-0.39, 0.29) is 11.6 Å². The second-order valence-electron chi connectivity index (χ2n) is 3.65. The Hall–Kier alpha value is -1.56. The van der Waals surface area contributed by atoms with Gasteiger partial charge in [0.25, 0.3) is 5.91 Å². The van der Waals surface area contributed by atoms with Gasteiger partial charge in [-0.25, -0.2) is 13.2 Å².